The lowest BCUT2D eigenvalue weighted by atomic mass is 9.98. The highest BCUT2D eigenvalue weighted by Gasteiger charge is 2.06. The minimum Gasteiger partial charge on any atom is -0.507 e. The molecule has 0 bridgehead atoms. The van der Waals surface area contributed by atoms with E-state index in [0.29, 0.717) is 5.75 Å². The second-order valence-electron chi connectivity index (χ2n) is 4.76. The number of rotatable bonds is 2. The lowest BCUT2D eigenvalue weighted by molar-refractivity contribution is 0.199. The lowest BCUT2D eigenvalue weighted by Crippen LogP contribution is -1.90. The number of aliphatic hydroxyl groups excluding tert-OH is 1. The Bertz CT molecular complexity index is 531. The van der Waals surface area contributed by atoms with Gasteiger partial charge in [-0.1, -0.05) is 24.3 Å². The third-order valence-corrected chi connectivity index (χ3v) is 3.22. The lowest BCUT2D eigenvalue weighted by Gasteiger charge is -2.10. The number of hydrogen-bond donors (Lipinski definition) is 2. The molecule has 2 rings (SSSR count). The van der Waals surface area contributed by atoms with Crippen molar-refractivity contribution in [3.05, 3.63) is 53.1 Å². The van der Waals surface area contributed by atoms with E-state index in [1.165, 1.54) is 0 Å². The van der Waals surface area contributed by atoms with Crippen molar-refractivity contribution < 1.29 is 10.2 Å². The molecule has 18 heavy (non-hydrogen) atoms. The Balaban J connectivity index is 2.43. The van der Waals surface area contributed by atoms with Crippen LogP contribution in [0.15, 0.2) is 36.4 Å². The predicted octanol–water partition coefficient (Wildman–Crippen LogP) is 3.73. The zero-order valence-corrected chi connectivity index (χ0v) is 10.9. The summed E-state index contributed by atoms with van der Waals surface area (Å²) in [6.45, 7) is 5.55. The van der Waals surface area contributed by atoms with E-state index in [9.17, 15) is 10.2 Å². The Hall–Kier alpha value is -1.80. The topological polar surface area (TPSA) is 40.5 Å². The molecule has 0 aliphatic rings. The van der Waals surface area contributed by atoms with Crippen molar-refractivity contribution in [1.29, 1.82) is 0 Å². The van der Waals surface area contributed by atoms with E-state index in [0.717, 1.165) is 27.8 Å². The van der Waals surface area contributed by atoms with Crippen LogP contribution in [-0.2, 0) is 0 Å². The largest absolute Gasteiger partial charge is 0.507 e. The van der Waals surface area contributed by atoms with Crippen molar-refractivity contribution in [1.82, 2.24) is 0 Å². The summed E-state index contributed by atoms with van der Waals surface area (Å²) in [6.07, 6.45) is -0.442. The van der Waals surface area contributed by atoms with Crippen LogP contribution in [0.3, 0.4) is 0 Å². The van der Waals surface area contributed by atoms with Gasteiger partial charge in [0, 0.05) is 0 Å². The number of phenols is 1. The quantitative estimate of drug-likeness (QED) is 0.842. The van der Waals surface area contributed by atoms with E-state index in [2.05, 4.69) is 0 Å². The Morgan fingerprint density at radius 3 is 1.83 bits per heavy atom. The molecular weight excluding hydrogens is 224 g/mol. The van der Waals surface area contributed by atoms with Gasteiger partial charge in [0.05, 0.1) is 6.10 Å². The van der Waals surface area contributed by atoms with Crippen LogP contribution in [0.2, 0.25) is 0 Å². The van der Waals surface area contributed by atoms with Crippen molar-refractivity contribution >= 4 is 0 Å². The Labute approximate surface area is 108 Å². The average molecular weight is 242 g/mol. The van der Waals surface area contributed by atoms with E-state index >= 15 is 0 Å². The Kier molecular flexibility index (Phi) is 3.39. The van der Waals surface area contributed by atoms with E-state index in [1.807, 2.05) is 50.2 Å². The molecular formula is C16H18O2. The highest BCUT2D eigenvalue weighted by molar-refractivity contribution is 5.67. The van der Waals surface area contributed by atoms with Gasteiger partial charge in [0.25, 0.3) is 0 Å². The average Bonchev–Trinajstić information content (AvgIpc) is 2.35. The standard InChI is InChI=1S/C16H18O2/c1-10-8-15(9-11(2)16(10)18)14-6-4-13(5-7-14)12(3)17/h4-9,12,17-18H,1-3H3. The number of benzene rings is 2. The molecule has 0 fully saturated rings. The molecule has 0 aliphatic carbocycles. The smallest absolute Gasteiger partial charge is 0.121 e. The molecule has 1 unspecified atom stereocenters. The monoisotopic (exact) mass is 242 g/mol. The molecule has 0 heterocycles. The molecule has 0 aromatic heterocycles. The molecule has 0 aliphatic heterocycles. The van der Waals surface area contributed by atoms with Crippen molar-refractivity contribution in [2.24, 2.45) is 0 Å². The van der Waals surface area contributed by atoms with Crippen molar-refractivity contribution in [3.63, 3.8) is 0 Å². The predicted molar refractivity (Wildman–Crippen MR) is 73.7 cm³/mol. The van der Waals surface area contributed by atoms with Crippen LogP contribution < -0.4 is 0 Å². The van der Waals surface area contributed by atoms with Gasteiger partial charge >= 0.3 is 0 Å². The third kappa shape index (κ3) is 2.39. The summed E-state index contributed by atoms with van der Waals surface area (Å²) in [5, 5.41) is 19.2. The highest BCUT2D eigenvalue weighted by Crippen LogP contribution is 2.29. The normalized spacial score (nSPS) is 12.4. The molecule has 2 aromatic rings. The van der Waals surface area contributed by atoms with Crippen LogP contribution in [0.4, 0.5) is 0 Å². The fraction of sp³-hybridized carbons (Fsp3) is 0.250. The molecule has 2 aromatic carbocycles. The first-order chi connectivity index (χ1) is 8.49. The number of aliphatic hydroxyl groups is 1. The first-order valence-corrected chi connectivity index (χ1v) is 6.07. The number of aryl methyl sites for hydroxylation is 2. The van der Waals surface area contributed by atoms with Gasteiger partial charge in [-0.25, -0.2) is 0 Å². The molecule has 0 saturated heterocycles. The molecule has 1 atom stereocenters. The van der Waals surface area contributed by atoms with E-state index in [-0.39, 0.29) is 0 Å². The van der Waals surface area contributed by atoms with Gasteiger partial charge in [-0.2, -0.15) is 0 Å². The van der Waals surface area contributed by atoms with Crippen LogP contribution in [0.1, 0.15) is 29.7 Å². The van der Waals surface area contributed by atoms with Crippen LogP contribution >= 0.6 is 0 Å². The number of aromatic hydroxyl groups is 1. The zero-order valence-electron chi connectivity index (χ0n) is 10.9. The second-order valence-corrected chi connectivity index (χ2v) is 4.76. The van der Waals surface area contributed by atoms with Gasteiger partial charge in [-0.3, -0.25) is 0 Å². The SMILES string of the molecule is Cc1cc(-c2ccc(C(C)O)cc2)cc(C)c1O. The van der Waals surface area contributed by atoms with Gasteiger partial charge < -0.3 is 10.2 Å². The maximum atomic E-state index is 9.76. The maximum absolute atomic E-state index is 9.76. The molecule has 94 valence electrons. The summed E-state index contributed by atoms with van der Waals surface area (Å²) < 4.78 is 0. The van der Waals surface area contributed by atoms with Gasteiger partial charge in [-0.15, -0.1) is 0 Å². The molecule has 0 radical (unpaired) electrons. The molecule has 0 amide bonds. The zero-order chi connectivity index (χ0) is 13.3. The van der Waals surface area contributed by atoms with Crippen molar-refractivity contribution in [2.75, 3.05) is 0 Å². The van der Waals surface area contributed by atoms with Crippen LogP contribution in [0.5, 0.6) is 5.75 Å². The Morgan fingerprint density at radius 2 is 1.39 bits per heavy atom. The summed E-state index contributed by atoms with van der Waals surface area (Å²) in [7, 11) is 0. The maximum Gasteiger partial charge on any atom is 0.121 e. The van der Waals surface area contributed by atoms with Crippen LogP contribution in [0, 0.1) is 13.8 Å². The van der Waals surface area contributed by atoms with Gasteiger partial charge in [0.2, 0.25) is 0 Å². The van der Waals surface area contributed by atoms with Gasteiger partial charge in [-0.05, 0) is 60.7 Å². The van der Waals surface area contributed by atoms with E-state index in [1.54, 1.807) is 6.92 Å². The van der Waals surface area contributed by atoms with Crippen molar-refractivity contribution in [3.8, 4) is 16.9 Å². The molecule has 0 spiro atoms. The first-order valence-electron chi connectivity index (χ1n) is 6.07. The minimum absolute atomic E-state index is 0.361. The van der Waals surface area contributed by atoms with Crippen LogP contribution in [0.25, 0.3) is 11.1 Å². The van der Waals surface area contributed by atoms with Gasteiger partial charge in [0.15, 0.2) is 0 Å². The van der Waals surface area contributed by atoms with Crippen molar-refractivity contribution in [2.45, 2.75) is 26.9 Å². The number of phenolic OH excluding ortho intramolecular Hbond substituents is 1. The molecule has 2 nitrogen and oxygen atoms in total. The number of hydrogen-bond acceptors (Lipinski definition) is 2. The van der Waals surface area contributed by atoms with E-state index < -0.39 is 6.10 Å². The minimum atomic E-state index is -0.442. The van der Waals surface area contributed by atoms with E-state index in [4.69, 9.17) is 0 Å². The Morgan fingerprint density at radius 1 is 0.889 bits per heavy atom. The molecule has 0 saturated carbocycles. The summed E-state index contributed by atoms with van der Waals surface area (Å²) in [5.41, 5.74) is 4.84. The first kappa shape index (κ1) is 12.7. The second kappa shape index (κ2) is 4.83. The summed E-state index contributed by atoms with van der Waals surface area (Å²) in [6, 6.07) is 11.8. The fourth-order valence-electron chi connectivity index (χ4n) is 2.08. The fourth-order valence-corrected chi connectivity index (χ4v) is 2.08. The molecule has 2 N–H and O–H groups in total. The highest BCUT2D eigenvalue weighted by atomic mass is 16.3. The third-order valence-electron chi connectivity index (χ3n) is 3.22. The molecule has 2 heteroatoms. The summed E-state index contributed by atoms with van der Waals surface area (Å²) in [4.78, 5) is 0. The van der Waals surface area contributed by atoms with Crippen LogP contribution in [-0.4, -0.2) is 10.2 Å². The van der Waals surface area contributed by atoms with Gasteiger partial charge in [0.1, 0.15) is 5.75 Å². The summed E-state index contributed by atoms with van der Waals surface area (Å²) in [5.74, 6) is 0.361. The summed E-state index contributed by atoms with van der Waals surface area (Å²) >= 11 is 0.